The topological polar surface area (TPSA) is 131 Å². The first kappa shape index (κ1) is 31.4. The van der Waals surface area contributed by atoms with Crippen molar-refractivity contribution in [2.75, 3.05) is 36.0 Å². The molecule has 4 heterocycles. The fraction of sp³-hybridized carbons (Fsp3) is 0.471. The average Bonchev–Trinajstić information content (AvgIpc) is 3.68. The van der Waals surface area contributed by atoms with E-state index in [1.807, 2.05) is 0 Å². The van der Waals surface area contributed by atoms with Crippen LogP contribution in [0.25, 0.3) is 0 Å². The number of rotatable bonds is 12. The van der Waals surface area contributed by atoms with Gasteiger partial charge >= 0.3 is 11.9 Å². The summed E-state index contributed by atoms with van der Waals surface area (Å²) in [7, 11) is 0. The van der Waals surface area contributed by atoms with Gasteiger partial charge in [0.2, 0.25) is 0 Å². The van der Waals surface area contributed by atoms with Crippen LogP contribution in [0.2, 0.25) is 0 Å². The Bertz CT molecular complexity index is 1380. The van der Waals surface area contributed by atoms with E-state index in [2.05, 4.69) is 70.2 Å². The van der Waals surface area contributed by atoms with E-state index in [0.29, 0.717) is 23.5 Å². The van der Waals surface area contributed by atoms with Crippen molar-refractivity contribution in [2.45, 2.75) is 77.5 Å². The van der Waals surface area contributed by atoms with E-state index in [9.17, 15) is 19.8 Å². The number of anilines is 2. The van der Waals surface area contributed by atoms with Crippen LogP contribution < -0.4 is 20.4 Å². The van der Waals surface area contributed by atoms with Crippen LogP contribution in [0.3, 0.4) is 0 Å². The molecule has 2 atom stereocenters. The molecule has 0 aliphatic carbocycles. The molecule has 2 aliphatic heterocycles. The van der Waals surface area contributed by atoms with Gasteiger partial charge in [-0.05, 0) is 71.2 Å². The number of carbonyl (C=O) groups is 2. The largest absolute Gasteiger partial charge is 0.478 e. The summed E-state index contributed by atoms with van der Waals surface area (Å²) in [6.07, 6.45) is 5.16. The maximum atomic E-state index is 11.7. The van der Waals surface area contributed by atoms with E-state index in [1.165, 1.54) is 22.3 Å². The zero-order chi connectivity index (χ0) is 31.4. The Balaban J connectivity index is 1.25. The highest BCUT2D eigenvalue weighted by atomic mass is 16.4. The molecule has 44 heavy (non-hydrogen) atoms. The van der Waals surface area contributed by atoms with E-state index in [0.717, 1.165) is 52.1 Å². The summed E-state index contributed by atoms with van der Waals surface area (Å²) >= 11 is 0. The van der Waals surface area contributed by atoms with Gasteiger partial charge in [-0.2, -0.15) is 0 Å². The van der Waals surface area contributed by atoms with Crippen molar-refractivity contribution in [1.82, 2.24) is 20.6 Å². The van der Waals surface area contributed by atoms with Crippen molar-refractivity contribution in [1.29, 1.82) is 0 Å². The first-order chi connectivity index (χ1) is 21.1. The van der Waals surface area contributed by atoms with Crippen LogP contribution in [-0.2, 0) is 13.1 Å². The standard InChI is InChI=1S/C34H44N6O4/c1-21(2)29-23(17-37-25-11-15-39(19-25)31-27(33(41)42)7-5-13-35-31)9-10-24(30(29)22(3)4)18-38-26-12-16-40(20-26)32-28(34(43)44)8-6-14-36-32/h5-10,13-14,21-22,25-26,37-38H,11-12,15-20H2,1-4H3,(H,41,42)(H,43,44)/t25-,26-/m1/s1. The van der Waals surface area contributed by atoms with E-state index in [1.54, 1.807) is 36.7 Å². The van der Waals surface area contributed by atoms with Gasteiger partial charge < -0.3 is 30.6 Å². The molecule has 0 spiro atoms. The fourth-order valence-electron chi connectivity index (χ4n) is 6.78. The summed E-state index contributed by atoms with van der Waals surface area (Å²) < 4.78 is 0. The quantitative estimate of drug-likeness (QED) is 0.229. The van der Waals surface area contributed by atoms with Gasteiger partial charge in [0.15, 0.2) is 0 Å². The van der Waals surface area contributed by atoms with Crippen LogP contribution in [0.1, 0.15) is 95.3 Å². The van der Waals surface area contributed by atoms with Gasteiger partial charge in [0.05, 0.1) is 0 Å². The van der Waals surface area contributed by atoms with Gasteiger partial charge in [0.1, 0.15) is 22.8 Å². The molecule has 3 aromatic rings. The minimum absolute atomic E-state index is 0.244. The van der Waals surface area contributed by atoms with Crippen LogP contribution in [-0.4, -0.2) is 70.4 Å². The number of hydrogen-bond donors (Lipinski definition) is 4. The van der Waals surface area contributed by atoms with Crippen LogP contribution in [0.4, 0.5) is 11.6 Å². The Morgan fingerprint density at radius 2 is 1.16 bits per heavy atom. The highest BCUT2D eigenvalue weighted by molar-refractivity contribution is 5.93. The van der Waals surface area contributed by atoms with Gasteiger partial charge in [-0.1, -0.05) is 39.8 Å². The first-order valence-corrected chi connectivity index (χ1v) is 15.6. The SMILES string of the molecule is CC(C)c1c(CN[C@@H]2CCN(c3ncccc3C(=O)O)C2)ccc(CN[C@@H]2CCN(c3ncccc3C(=O)O)C2)c1C(C)C. The second kappa shape index (κ2) is 13.7. The van der Waals surface area contributed by atoms with Gasteiger partial charge in [-0.25, -0.2) is 19.6 Å². The van der Waals surface area contributed by atoms with E-state index >= 15 is 0 Å². The molecule has 2 saturated heterocycles. The second-order valence-electron chi connectivity index (χ2n) is 12.5. The van der Waals surface area contributed by atoms with Crippen LogP contribution >= 0.6 is 0 Å². The first-order valence-electron chi connectivity index (χ1n) is 15.6. The van der Waals surface area contributed by atoms with Crippen molar-refractivity contribution < 1.29 is 19.8 Å². The number of aromatic carboxylic acids is 2. The lowest BCUT2D eigenvalue weighted by molar-refractivity contribution is 0.0686. The maximum Gasteiger partial charge on any atom is 0.339 e. The summed E-state index contributed by atoms with van der Waals surface area (Å²) in [6, 6.07) is 11.6. The van der Waals surface area contributed by atoms with E-state index in [4.69, 9.17) is 0 Å². The molecule has 0 bridgehead atoms. The lowest BCUT2D eigenvalue weighted by Gasteiger charge is -2.26. The summed E-state index contributed by atoms with van der Waals surface area (Å²) in [4.78, 5) is 36.3. The molecule has 2 aromatic heterocycles. The van der Waals surface area contributed by atoms with Crippen LogP contribution in [0.15, 0.2) is 48.8 Å². The van der Waals surface area contributed by atoms with Crippen molar-refractivity contribution >= 4 is 23.6 Å². The number of benzene rings is 1. The lowest BCUT2D eigenvalue weighted by atomic mass is 9.83. The fourth-order valence-corrected chi connectivity index (χ4v) is 6.78. The van der Waals surface area contributed by atoms with Crippen molar-refractivity contribution in [2.24, 2.45) is 0 Å². The van der Waals surface area contributed by atoms with Crippen molar-refractivity contribution in [3.8, 4) is 0 Å². The Hall–Kier alpha value is -4.02. The lowest BCUT2D eigenvalue weighted by Crippen LogP contribution is -2.34. The maximum absolute atomic E-state index is 11.7. The average molecular weight is 601 g/mol. The molecule has 2 aliphatic rings. The molecule has 0 unspecified atom stereocenters. The molecule has 0 saturated carbocycles. The third-order valence-electron chi connectivity index (χ3n) is 8.79. The molecule has 0 radical (unpaired) electrons. The number of aromatic nitrogens is 2. The molecule has 2 fully saturated rings. The Labute approximate surface area is 259 Å². The number of nitrogens with one attached hydrogen (secondary N) is 2. The van der Waals surface area contributed by atoms with Gasteiger partial charge in [-0.3, -0.25) is 0 Å². The number of hydrogen-bond acceptors (Lipinski definition) is 8. The second-order valence-corrected chi connectivity index (χ2v) is 12.5. The normalized spacial score (nSPS) is 18.5. The van der Waals surface area contributed by atoms with Crippen molar-refractivity contribution in [3.05, 3.63) is 82.2 Å². The molecule has 10 heteroatoms. The smallest absolute Gasteiger partial charge is 0.339 e. The third kappa shape index (κ3) is 6.87. The summed E-state index contributed by atoms with van der Waals surface area (Å²) in [5, 5.41) is 26.7. The van der Waals surface area contributed by atoms with E-state index < -0.39 is 11.9 Å². The molecule has 1 aromatic carbocycles. The highest BCUT2D eigenvalue weighted by Gasteiger charge is 2.29. The predicted octanol–water partition coefficient (Wildman–Crippen LogP) is 4.86. The number of pyridine rings is 2. The molecule has 234 valence electrons. The van der Waals surface area contributed by atoms with Crippen LogP contribution in [0, 0.1) is 0 Å². The molecule has 0 amide bonds. The Morgan fingerprint density at radius 3 is 1.52 bits per heavy atom. The zero-order valence-corrected chi connectivity index (χ0v) is 26.1. The third-order valence-corrected chi connectivity index (χ3v) is 8.79. The summed E-state index contributed by atoms with van der Waals surface area (Å²) in [5.74, 6) is -0.106. The Kier molecular flexibility index (Phi) is 9.80. The van der Waals surface area contributed by atoms with E-state index in [-0.39, 0.29) is 23.2 Å². The predicted molar refractivity (Wildman–Crippen MR) is 172 cm³/mol. The molecule has 4 N–H and O–H groups in total. The highest BCUT2D eigenvalue weighted by Crippen LogP contribution is 2.33. The number of carboxylic acid groups (broad SMARTS) is 2. The summed E-state index contributed by atoms with van der Waals surface area (Å²) in [6.45, 7) is 13.5. The van der Waals surface area contributed by atoms with Crippen LogP contribution in [0.5, 0.6) is 0 Å². The van der Waals surface area contributed by atoms with Gasteiger partial charge in [0.25, 0.3) is 0 Å². The zero-order valence-electron chi connectivity index (χ0n) is 26.1. The molecule has 5 rings (SSSR count). The van der Waals surface area contributed by atoms with Crippen molar-refractivity contribution in [3.63, 3.8) is 0 Å². The van der Waals surface area contributed by atoms with Gasteiger partial charge in [-0.15, -0.1) is 0 Å². The molecular weight excluding hydrogens is 556 g/mol. The molecule has 10 nitrogen and oxygen atoms in total. The number of nitrogens with zero attached hydrogens (tertiary/aromatic N) is 4. The molecular formula is C34H44N6O4. The monoisotopic (exact) mass is 600 g/mol. The Morgan fingerprint density at radius 1 is 0.750 bits per heavy atom. The van der Waals surface area contributed by atoms with Gasteiger partial charge in [0, 0.05) is 63.7 Å². The minimum Gasteiger partial charge on any atom is -0.478 e. The summed E-state index contributed by atoms with van der Waals surface area (Å²) in [5.41, 5.74) is 5.89. The number of carboxylic acids is 2. The minimum atomic E-state index is -0.951.